The molecule has 102 valence electrons. The first-order chi connectivity index (χ1) is 9.20. The molecule has 0 aliphatic rings. The molecule has 19 heavy (non-hydrogen) atoms. The van der Waals surface area contributed by atoms with Crippen LogP contribution in [0.2, 0.25) is 0 Å². The molecule has 3 heteroatoms. The molecule has 1 atom stereocenters. The van der Waals surface area contributed by atoms with Crippen LogP contribution in [0.5, 0.6) is 0 Å². The standard InChI is InChI=1S/C16H22N2S/c1-12-4-6-14(7-5-12)15(10-17-3)8-9-16-13(2)18-11-19-16/h4-7,11,15,17H,8-10H2,1-3H3. The SMILES string of the molecule is CNCC(CCc1scnc1C)c1ccc(C)cc1. The van der Waals surface area contributed by atoms with Crippen LogP contribution >= 0.6 is 11.3 Å². The summed E-state index contributed by atoms with van der Waals surface area (Å²) in [5, 5.41) is 3.31. The lowest BCUT2D eigenvalue weighted by Gasteiger charge is -2.17. The molecule has 0 aliphatic heterocycles. The van der Waals surface area contributed by atoms with E-state index < -0.39 is 0 Å². The molecular weight excluding hydrogens is 252 g/mol. The summed E-state index contributed by atoms with van der Waals surface area (Å²) in [7, 11) is 2.03. The Balaban J connectivity index is 2.04. The predicted octanol–water partition coefficient (Wildman–Crippen LogP) is 3.70. The van der Waals surface area contributed by atoms with Crippen LogP contribution in [0.4, 0.5) is 0 Å². The van der Waals surface area contributed by atoms with Crippen LogP contribution in [0.15, 0.2) is 29.8 Å². The topological polar surface area (TPSA) is 24.9 Å². The minimum atomic E-state index is 0.576. The fourth-order valence-corrected chi connectivity index (χ4v) is 3.14. The largest absolute Gasteiger partial charge is 0.319 e. The van der Waals surface area contributed by atoms with E-state index >= 15 is 0 Å². The minimum Gasteiger partial charge on any atom is -0.319 e. The summed E-state index contributed by atoms with van der Waals surface area (Å²) in [6.07, 6.45) is 2.30. The quantitative estimate of drug-likeness (QED) is 0.869. The molecule has 0 saturated carbocycles. The summed E-state index contributed by atoms with van der Waals surface area (Å²) in [5.41, 5.74) is 5.90. The van der Waals surface area contributed by atoms with Crippen LogP contribution in [0.25, 0.3) is 0 Å². The zero-order chi connectivity index (χ0) is 13.7. The maximum Gasteiger partial charge on any atom is 0.0797 e. The molecule has 1 heterocycles. The third-order valence-electron chi connectivity index (χ3n) is 3.56. The van der Waals surface area contributed by atoms with Gasteiger partial charge in [-0.25, -0.2) is 4.98 Å². The van der Waals surface area contributed by atoms with Gasteiger partial charge in [-0.05, 0) is 45.2 Å². The van der Waals surface area contributed by atoms with Crippen molar-refractivity contribution in [3.05, 3.63) is 51.5 Å². The number of nitrogens with zero attached hydrogens (tertiary/aromatic N) is 1. The first kappa shape index (κ1) is 14.2. The van der Waals surface area contributed by atoms with Crippen LogP contribution in [-0.2, 0) is 6.42 Å². The van der Waals surface area contributed by atoms with E-state index in [9.17, 15) is 0 Å². The monoisotopic (exact) mass is 274 g/mol. The number of thiazole rings is 1. The fraction of sp³-hybridized carbons (Fsp3) is 0.438. The normalized spacial score (nSPS) is 12.6. The highest BCUT2D eigenvalue weighted by molar-refractivity contribution is 7.09. The van der Waals surface area contributed by atoms with Gasteiger partial charge < -0.3 is 5.32 Å². The Bertz CT molecular complexity index is 502. The van der Waals surface area contributed by atoms with Crippen LogP contribution in [0.3, 0.4) is 0 Å². The van der Waals surface area contributed by atoms with Gasteiger partial charge in [0, 0.05) is 11.4 Å². The number of likely N-dealkylation sites (N-methyl/N-ethyl adjacent to an activating group) is 1. The second-order valence-corrected chi connectivity index (χ2v) is 6.00. The molecule has 1 N–H and O–H groups in total. The molecule has 0 radical (unpaired) electrons. The van der Waals surface area contributed by atoms with Gasteiger partial charge in [0.05, 0.1) is 11.2 Å². The number of nitrogens with one attached hydrogen (secondary N) is 1. The third kappa shape index (κ3) is 3.88. The van der Waals surface area contributed by atoms with E-state index in [1.807, 2.05) is 12.6 Å². The molecule has 0 fully saturated rings. The van der Waals surface area contributed by atoms with Crippen molar-refractivity contribution in [3.63, 3.8) is 0 Å². The Morgan fingerprint density at radius 3 is 2.53 bits per heavy atom. The van der Waals surface area contributed by atoms with Gasteiger partial charge in [0.25, 0.3) is 0 Å². The van der Waals surface area contributed by atoms with Crippen molar-refractivity contribution in [2.45, 2.75) is 32.6 Å². The number of aryl methyl sites for hydroxylation is 3. The highest BCUT2D eigenvalue weighted by atomic mass is 32.1. The molecule has 2 nitrogen and oxygen atoms in total. The first-order valence-corrected chi connectivity index (χ1v) is 7.68. The molecular formula is C16H22N2S. The number of hydrogen-bond donors (Lipinski definition) is 1. The maximum atomic E-state index is 4.33. The third-order valence-corrected chi connectivity index (χ3v) is 4.56. The lowest BCUT2D eigenvalue weighted by atomic mass is 9.93. The Morgan fingerprint density at radius 2 is 1.95 bits per heavy atom. The number of aromatic nitrogens is 1. The van der Waals surface area contributed by atoms with Crippen molar-refractivity contribution in [3.8, 4) is 0 Å². The molecule has 1 unspecified atom stereocenters. The summed E-state index contributed by atoms with van der Waals surface area (Å²) in [4.78, 5) is 5.75. The lowest BCUT2D eigenvalue weighted by molar-refractivity contribution is 0.585. The molecule has 2 rings (SSSR count). The van der Waals surface area contributed by atoms with Crippen molar-refractivity contribution >= 4 is 11.3 Å². The Labute approximate surface area is 119 Å². The summed E-state index contributed by atoms with van der Waals surface area (Å²) < 4.78 is 0. The smallest absolute Gasteiger partial charge is 0.0797 e. The van der Waals surface area contributed by atoms with Crippen molar-refractivity contribution in [2.24, 2.45) is 0 Å². The van der Waals surface area contributed by atoms with Gasteiger partial charge in [-0.3, -0.25) is 0 Å². The molecule has 0 bridgehead atoms. The minimum absolute atomic E-state index is 0.576. The van der Waals surface area contributed by atoms with E-state index in [1.165, 1.54) is 28.1 Å². The second-order valence-electron chi connectivity index (χ2n) is 5.06. The Morgan fingerprint density at radius 1 is 1.21 bits per heavy atom. The van der Waals surface area contributed by atoms with Crippen LogP contribution < -0.4 is 5.32 Å². The van der Waals surface area contributed by atoms with Gasteiger partial charge in [0.2, 0.25) is 0 Å². The van der Waals surface area contributed by atoms with E-state index in [0.29, 0.717) is 5.92 Å². The van der Waals surface area contributed by atoms with Gasteiger partial charge in [-0.2, -0.15) is 0 Å². The molecule has 2 aromatic rings. The molecule has 0 aliphatic carbocycles. The second kappa shape index (κ2) is 6.83. The average molecular weight is 274 g/mol. The van der Waals surface area contributed by atoms with Crippen LogP contribution in [-0.4, -0.2) is 18.6 Å². The molecule has 0 amide bonds. The fourth-order valence-electron chi connectivity index (χ4n) is 2.34. The zero-order valence-electron chi connectivity index (χ0n) is 11.9. The van der Waals surface area contributed by atoms with Crippen LogP contribution in [0, 0.1) is 13.8 Å². The summed E-state index contributed by atoms with van der Waals surface area (Å²) >= 11 is 1.78. The number of rotatable bonds is 6. The van der Waals surface area contributed by atoms with Gasteiger partial charge in [-0.1, -0.05) is 29.8 Å². The Kier molecular flexibility index (Phi) is 5.11. The molecule has 1 aromatic heterocycles. The predicted molar refractivity (Wildman–Crippen MR) is 83.0 cm³/mol. The zero-order valence-corrected chi connectivity index (χ0v) is 12.8. The van der Waals surface area contributed by atoms with E-state index in [2.05, 4.69) is 48.4 Å². The lowest BCUT2D eigenvalue weighted by Crippen LogP contribution is -2.18. The highest BCUT2D eigenvalue weighted by Gasteiger charge is 2.12. The molecule has 0 spiro atoms. The van der Waals surface area contributed by atoms with Gasteiger partial charge in [0.15, 0.2) is 0 Å². The molecule has 1 aromatic carbocycles. The summed E-state index contributed by atoms with van der Waals surface area (Å²) in [6.45, 7) is 5.27. The average Bonchev–Trinajstić information content (AvgIpc) is 2.81. The number of benzene rings is 1. The van der Waals surface area contributed by atoms with Gasteiger partial charge >= 0.3 is 0 Å². The van der Waals surface area contributed by atoms with E-state index in [4.69, 9.17) is 0 Å². The van der Waals surface area contributed by atoms with Gasteiger partial charge in [-0.15, -0.1) is 11.3 Å². The van der Waals surface area contributed by atoms with E-state index in [0.717, 1.165) is 13.0 Å². The van der Waals surface area contributed by atoms with E-state index in [-0.39, 0.29) is 0 Å². The first-order valence-electron chi connectivity index (χ1n) is 6.81. The summed E-state index contributed by atoms with van der Waals surface area (Å²) in [6, 6.07) is 8.93. The van der Waals surface area contributed by atoms with Crippen molar-refractivity contribution in [2.75, 3.05) is 13.6 Å². The van der Waals surface area contributed by atoms with Crippen molar-refractivity contribution in [1.82, 2.24) is 10.3 Å². The van der Waals surface area contributed by atoms with Crippen molar-refractivity contribution in [1.29, 1.82) is 0 Å². The Hall–Kier alpha value is -1.19. The van der Waals surface area contributed by atoms with E-state index in [1.54, 1.807) is 11.3 Å². The number of hydrogen-bond acceptors (Lipinski definition) is 3. The summed E-state index contributed by atoms with van der Waals surface area (Å²) in [5.74, 6) is 0.576. The highest BCUT2D eigenvalue weighted by Crippen LogP contribution is 2.24. The molecule has 0 saturated heterocycles. The maximum absolute atomic E-state index is 4.33. The van der Waals surface area contributed by atoms with Crippen LogP contribution in [0.1, 0.15) is 34.0 Å². The van der Waals surface area contributed by atoms with Gasteiger partial charge in [0.1, 0.15) is 0 Å². The van der Waals surface area contributed by atoms with Crippen molar-refractivity contribution < 1.29 is 0 Å².